The molecule has 0 aliphatic carbocycles. The molecule has 0 aliphatic heterocycles. The first-order chi connectivity index (χ1) is 13.9. The van der Waals surface area contributed by atoms with Gasteiger partial charge in [-0.15, -0.1) is 0 Å². The number of fused-ring (bicyclic) bond motifs is 1. The van der Waals surface area contributed by atoms with E-state index in [9.17, 15) is 4.79 Å². The van der Waals surface area contributed by atoms with Crippen LogP contribution in [0.5, 0.6) is 5.75 Å². The number of hydrogen-bond donors (Lipinski definition) is 4. The lowest BCUT2D eigenvalue weighted by molar-refractivity contribution is 0.115. The molecule has 2 rings (SSSR count). The third-order valence-corrected chi connectivity index (χ3v) is 4.22. The molecule has 0 radical (unpaired) electrons. The molecule has 29 heavy (non-hydrogen) atoms. The van der Waals surface area contributed by atoms with Gasteiger partial charge in [0.05, 0.1) is 24.2 Å². The van der Waals surface area contributed by atoms with Gasteiger partial charge in [0, 0.05) is 25.6 Å². The maximum Gasteiger partial charge on any atom is 0.407 e. The Labute approximate surface area is 170 Å². The van der Waals surface area contributed by atoms with E-state index >= 15 is 0 Å². The number of amides is 1. The summed E-state index contributed by atoms with van der Waals surface area (Å²) in [6.07, 6.45) is 1.49. The van der Waals surface area contributed by atoms with E-state index in [-0.39, 0.29) is 11.6 Å². The zero-order valence-electron chi connectivity index (χ0n) is 17.5. The van der Waals surface area contributed by atoms with Gasteiger partial charge in [0.1, 0.15) is 11.6 Å². The summed E-state index contributed by atoms with van der Waals surface area (Å²) in [5.74, 6) is 1.40. The predicted molar refractivity (Wildman–Crippen MR) is 113 cm³/mol. The summed E-state index contributed by atoms with van der Waals surface area (Å²) in [5.41, 5.74) is 1.49. The largest absolute Gasteiger partial charge is 0.497 e. The molecule has 158 valence electrons. The van der Waals surface area contributed by atoms with E-state index in [1.54, 1.807) is 37.7 Å². The number of aromatic nitrogens is 2. The highest BCUT2D eigenvalue weighted by molar-refractivity contribution is 5.92. The van der Waals surface area contributed by atoms with Crippen molar-refractivity contribution in [3.05, 3.63) is 23.7 Å². The third-order valence-electron chi connectivity index (χ3n) is 4.22. The summed E-state index contributed by atoms with van der Waals surface area (Å²) in [6, 6.07) is 5.41. The summed E-state index contributed by atoms with van der Waals surface area (Å²) in [6.45, 7) is 6.60. The summed E-state index contributed by atoms with van der Waals surface area (Å²) in [7, 11) is 1.59. The Morgan fingerprint density at radius 1 is 1.28 bits per heavy atom. The lowest BCUT2D eigenvalue weighted by Crippen LogP contribution is -2.30. The van der Waals surface area contributed by atoms with Crippen LogP contribution >= 0.6 is 0 Å². The van der Waals surface area contributed by atoms with Crippen LogP contribution in [0.25, 0.3) is 11.0 Å². The van der Waals surface area contributed by atoms with Crippen molar-refractivity contribution < 1.29 is 14.3 Å². The second-order valence-electron chi connectivity index (χ2n) is 6.81. The Kier molecular flexibility index (Phi) is 7.99. The van der Waals surface area contributed by atoms with Crippen LogP contribution in [0.4, 0.5) is 10.6 Å². The Morgan fingerprint density at radius 2 is 2.00 bits per heavy atom. The number of methoxy groups -OCH3 is 1. The van der Waals surface area contributed by atoms with E-state index in [2.05, 4.69) is 15.6 Å². The van der Waals surface area contributed by atoms with Crippen LogP contribution in [0.1, 0.15) is 40.0 Å². The van der Waals surface area contributed by atoms with Crippen molar-refractivity contribution >= 4 is 28.8 Å². The van der Waals surface area contributed by atoms with Crippen LogP contribution in [0.3, 0.4) is 0 Å². The molecular formula is C20H30N6O3. The molecule has 1 heterocycles. The Bertz CT molecular complexity index is 922. The number of anilines is 1. The molecule has 9 nitrogen and oxygen atoms in total. The van der Waals surface area contributed by atoms with E-state index in [1.807, 2.05) is 13.0 Å². The minimum Gasteiger partial charge on any atom is -0.497 e. The first-order valence-corrected chi connectivity index (χ1v) is 9.78. The Balaban J connectivity index is 2.06. The number of carbonyl (C=O) groups excluding carboxylic acids is 1. The monoisotopic (exact) mass is 402 g/mol. The molecule has 1 aromatic carbocycles. The van der Waals surface area contributed by atoms with Crippen LogP contribution < -0.4 is 20.9 Å². The second kappa shape index (κ2) is 10.4. The van der Waals surface area contributed by atoms with Crippen molar-refractivity contribution in [2.45, 2.75) is 46.1 Å². The molecule has 0 unspecified atom stereocenters. The molecule has 4 N–H and O–H groups in total. The van der Waals surface area contributed by atoms with Crippen LogP contribution in [0, 0.1) is 10.8 Å². The SMILES string of the molecule is CCC(=N)n1c(=N)c(NCCCCNC(=O)OC(C)C)nc2cc(OC)ccc21. The van der Waals surface area contributed by atoms with Crippen molar-refractivity contribution in [3.63, 3.8) is 0 Å². The topological polar surface area (TPSA) is 125 Å². The Hall–Kier alpha value is -3.10. The number of rotatable bonds is 9. The van der Waals surface area contributed by atoms with Gasteiger partial charge in [-0.3, -0.25) is 15.4 Å². The summed E-state index contributed by atoms with van der Waals surface area (Å²) in [4.78, 5) is 16.0. The first kappa shape index (κ1) is 22.2. The molecule has 0 bridgehead atoms. The van der Waals surface area contributed by atoms with Crippen molar-refractivity contribution in [3.8, 4) is 5.75 Å². The Morgan fingerprint density at radius 3 is 2.66 bits per heavy atom. The number of nitrogens with one attached hydrogen (secondary N) is 4. The van der Waals surface area contributed by atoms with E-state index in [0.29, 0.717) is 47.9 Å². The minimum atomic E-state index is -0.411. The molecule has 0 saturated carbocycles. The molecule has 0 saturated heterocycles. The fraction of sp³-hybridized carbons (Fsp3) is 0.500. The molecule has 0 spiro atoms. The summed E-state index contributed by atoms with van der Waals surface area (Å²) >= 11 is 0. The van der Waals surface area contributed by atoms with E-state index in [0.717, 1.165) is 12.8 Å². The number of carbonyl (C=O) groups is 1. The predicted octanol–water partition coefficient (Wildman–Crippen LogP) is 3.09. The fourth-order valence-corrected chi connectivity index (χ4v) is 2.77. The lowest BCUT2D eigenvalue weighted by atomic mass is 10.2. The first-order valence-electron chi connectivity index (χ1n) is 9.78. The average Bonchev–Trinajstić information content (AvgIpc) is 2.69. The van der Waals surface area contributed by atoms with Crippen molar-refractivity contribution in [1.29, 1.82) is 10.8 Å². The number of hydrogen-bond acceptors (Lipinski definition) is 7. The number of nitrogens with zero attached hydrogens (tertiary/aromatic N) is 2. The number of benzene rings is 1. The van der Waals surface area contributed by atoms with Gasteiger partial charge in [-0.2, -0.15) is 0 Å². The molecule has 0 aliphatic rings. The zero-order valence-corrected chi connectivity index (χ0v) is 17.5. The van der Waals surface area contributed by atoms with Gasteiger partial charge in [-0.25, -0.2) is 9.78 Å². The van der Waals surface area contributed by atoms with Gasteiger partial charge in [0.25, 0.3) is 0 Å². The zero-order chi connectivity index (χ0) is 21.4. The number of unbranched alkanes of at least 4 members (excludes halogenated alkanes) is 1. The van der Waals surface area contributed by atoms with Crippen molar-refractivity contribution in [2.75, 3.05) is 25.5 Å². The quantitative estimate of drug-likeness (QED) is 0.291. The van der Waals surface area contributed by atoms with Gasteiger partial charge in [-0.1, -0.05) is 6.92 Å². The molecule has 9 heteroatoms. The second-order valence-corrected chi connectivity index (χ2v) is 6.81. The van der Waals surface area contributed by atoms with E-state index in [4.69, 9.17) is 20.3 Å². The normalized spacial score (nSPS) is 10.8. The highest BCUT2D eigenvalue weighted by atomic mass is 16.6. The molecule has 2 aromatic rings. The van der Waals surface area contributed by atoms with Gasteiger partial charge in [0.2, 0.25) is 0 Å². The van der Waals surface area contributed by atoms with Crippen LogP contribution in [-0.4, -0.2) is 47.8 Å². The highest BCUT2D eigenvalue weighted by Crippen LogP contribution is 2.19. The number of alkyl carbamates (subject to hydrolysis) is 1. The van der Waals surface area contributed by atoms with Crippen LogP contribution in [0.2, 0.25) is 0 Å². The average molecular weight is 402 g/mol. The fourth-order valence-electron chi connectivity index (χ4n) is 2.77. The van der Waals surface area contributed by atoms with Gasteiger partial charge >= 0.3 is 6.09 Å². The summed E-state index contributed by atoms with van der Waals surface area (Å²) < 4.78 is 11.9. The van der Waals surface area contributed by atoms with E-state index in [1.165, 1.54) is 0 Å². The maximum atomic E-state index is 11.4. The van der Waals surface area contributed by atoms with Gasteiger partial charge in [-0.05, 0) is 38.8 Å². The van der Waals surface area contributed by atoms with E-state index < -0.39 is 6.09 Å². The maximum absolute atomic E-state index is 11.4. The molecule has 1 amide bonds. The molecule has 1 aromatic heterocycles. The van der Waals surface area contributed by atoms with Crippen LogP contribution in [0.15, 0.2) is 18.2 Å². The standard InChI is InChI=1S/C20H30N6O3/c1-5-17(21)26-16-9-8-14(28-4)12-15(16)25-19(18(26)22)23-10-6-7-11-24-20(27)29-13(2)3/h8-9,12-13,21-22H,5-7,10-11H2,1-4H3,(H,23,25)(H,24,27). The van der Waals surface area contributed by atoms with Crippen molar-refractivity contribution in [2.24, 2.45) is 0 Å². The molecule has 0 fully saturated rings. The molecule has 0 atom stereocenters. The number of ether oxygens (including phenoxy) is 2. The van der Waals surface area contributed by atoms with Crippen molar-refractivity contribution in [1.82, 2.24) is 14.9 Å². The third kappa shape index (κ3) is 5.94. The molecular weight excluding hydrogens is 372 g/mol. The van der Waals surface area contributed by atoms with Gasteiger partial charge < -0.3 is 20.1 Å². The lowest BCUT2D eigenvalue weighted by Gasteiger charge is -2.15. The van der Waals surface area contributed by atoms with Gasteiger partial charge in [0.15, 0.2) is 11.3 Å². The van der Waals surface area contributed by atoms with Crippen LogP contribution in [-0.2, 0) is 4.74 Å². The smallest absolute Gasteiger partial charge is 0.407 e. The summed E-state index contributed by atoms with van der Waals surface area (Å²) in [5, 5.41) is 22.6. The minimum absolute atomic E-state index is 0.140. The highest BCUT2D eigenvalue weighted by Gasteiger charge is 2.12.